The zero-order valence-corrected chi connectivity index (χ0v) is 12.0. The molecule has 0 spiro atoms. The summed E-state index contributed by atoms with van der Waals surface area (Å²) in [5.74, 6) is 0.138. The number of hydrogen-bond donors (Lipinski definition) is 1. The minimum Gasteiger partial charge on any atom is -0.381 e. The Kier molecular flexibility index (Phi) is 5.09. The average Bonchev–Trinajstić information content (AvgIpc) is 2.53. The monoisotopic (exact) mass is 277 g/mol. The van der Waals surface area contributed by atoms with Gasteiger partial charge in [0.15, 0.2) is 0 Å². The molecule has 1 saturated heterocycles. The Hall–Kier alpha value is -1.46. The molecule has 0 bridgehead atoms. The maximum Gasteiger partial charge on any atom is 0.229 e. The maximum atomic E-state index is 12.6. The Balaban J connectivity index is 1.93. The lowest BCUT2D eigenvalue weighted by molar-refractivity contribution is -0.145. The minimum absolute atomic E-state index is 0.138. The van der Waals surface area contributed by atoms with Crippen LogP contribution in [0.2, 0.25) is 0 Å². The molecule has 1 amide bonds. The Morgan fingerprint density at radius 1 is 1.45 bits per heavy atom. The number of aromatic nitrogens is 1. The van der Waals surface area contributed by atoms with Crippen molar-refractivity contribution in [2.75, 3.05) is 33.4 Å². The van der Waals surface area contributed by atoms with Crippen molar-refractivity contribution in [1.82, 2.24) is 9.88 Å². The number of rotatable bonds is 5. The van der Waals surface area contributed by atoms with Crippen molar-refractivity contribution in [3.63, 3.8) is 0 Å². The number of likely N-dealkylation sites (N-methyl/N-ethyl adjacent to an activating group) is 1. The van der Waals surface area contributed by atoms with E-state index in [1.807, 2.05) is 25.2 Å². The molecule has 110 valence electrons. The van der Waals surface area contributed by atoms with Gasteiger partial charge in [-0.1, -0.05) is 6.07 Å². The lowest BCUT2D eigenvalue weighted by atomic mass is 9.79. The number of carbonyl (C=O) groups is 1. The highest BCUT2D eigenvalue weighted by Crippen LogP contribution is 2.31. The fourth-order valence-corrected chi connectivity index (χ4v) is 2.60. The van der Waals surface area contributed by atoms with Gasteiger partial charge < -0.3 is 15.4 Å². The fourth-order valence-electron chi connectivity index (χ4n) is 2.60. The van der Waals surface area contributed by atoms with E-state index in [0.29, 0.717) is 26.3 Å². The molecule has 1 aromatic rings. The topological polar surface area (TPSA) is 68.5 Å². The quantitative estimate of drug-likeness (QED) is 0.866. The molecule has 20 heavy (non-hydrogen) atoms. The van der Waals surface area contributed by atoms with E-state index in [-0.39, 0.29) is 5.91 Å². The third-order valence-electron chi connectivity index (χ3n) is 4.07. The molecule has 0 atom stereocenters. The van der Waals surface area contributed by atoms with Gasteiger partial charge in [0.1, 0.15) is 0 Å². The van der Waals surface area contributed by atoms with Crippen molar-refractivity contribution in [3.8, 4) is 0 Å². The third-order valence-corrected chi connectivity index (χ3v) is 4.07. The van der Waals surface area contributed by atoms with E-state index in [9.17, 15) is 4.79 Å². The summed E-state index contributed by atoms with van der Waals surface area (Å²) in [6, 6.07) is 5.83. The van der Waals surface area contributed by atoms with E-state index in [1.54, 1.807) is 11.1 Å². The predicted molar refractivity (Wildman–Crippen MR) is 77.1 cm³/mol. The second-order valence-electron chi connectivity index (χ2n) is 5.39. The summed E-state index contributed by atoms with van der Waals surface area (Å²) in [6.45, 7) is 2.30. The van der Waals surface area contributed by atoms with Crippen LogP contribution in [-0.4, -0.2) is 49.1 Å². The van der Waals surface area contributed by atoms with Gasteiger partial charge in [0.25, 0.3) is 0 Å². The molecule has 1 fully saturated rings. The van der Waals surface area contributed by atoms with E-state index in [0.717, 1.165) is 25.0 Å². The van der Waals surface area contributed by atoms with Crippen LogP contribution in [-0.2, 0) is 16.0 Å². The van der Waals surface area contributed by atoms with Crippen LogP contribution in [0.1, 0.15) is 18.5 Å². The van der Waals surface area contributed by atoms with Gasteiger partial charge in [-0.25, -0.2) is 0 Å². The van der Waals surface area contributed by atoms with Gasteiger partial charge >= 0.3 is 0 Å². The minimum atomic E-state index is -0.433. The first-order valence-electron chi connectivity index (χ1n) is 7.11. The SMILES string of the molecule is CN(CCc1ccccn1)C(=O)C1(CN)CCOCC1. The second kappa shape index (κ2) is 6.81. The van der Waals surface area contributed by atoms with Gasteiger partial charge in [-0.15, -0.1) is 0 Å². The summed E-state index contributed by atoms with van der Waals surface area (Å²) >= 11 is 0. The number of amides is 1. The predicted octanol–water partition coefficient (Wildman–Crippen LogP) is 0.838. The summed E-state index contributed by atoms with van der Waals surface area (Å²) < 4.78 is 5.35. The molecule has 5 heteroatoms. The molecule has 0 radical (unpaired) electrons. The Morgan fingerprint density at radius 3 is 2.80 bits per heavy atom. The summed E-state index contributed by atoms with van der Waals surface area (Å²) in [5, 5.41) is 0. The Bertz CT molecular complexity index is 430. The van der Waals surface area contributed by atoms with Crippen LogP contribution in [0.25, 0.3) is 0 Å². The largest absolute Gasteiger partial charge is 0.381 e. The summed E-state index contributed by atoms with van der Waals surface area (Å²) in [7, 11) is 1.85. The number of hydrogen-bond acceptors (Lipinski definition) is 4. The van der Waals surface area contributed by atoms with Crippen LogP contribution < -0.4 is 5.73 Å². The highest BCUT2D eigenvalue weighted by atomic mass is 16.5. The van der Waals surface area contributed by atoms with E-state index < -0.39 is 5.41 Å². The van der Waals surface area contributed by atoms with E-state index in [4.69, 9.17) is 10.5 Å². The average molecular weight is 277 g/mol. The third kappa shape index (κ3) is 3.35. The first kappa shape index (κ1) is 14.9. The maximum absolute atomic E-state index is 12.6. The van der Waals surface area contributed by atoms with Crippen molar-refractivity contribution >= 4 is 5.91 Å². The van der Waals surface area contributed by atoms with Crippen molar-refractivity contribution in [2.24, 2.45) is 11.1 Å². The van der Waals surface area contributed by atoms with Crippen molar-refractivity contribution in [2.45, 2.75) is 19.3 Å². The van der Waals surface area contributed by atoms with Crippen LogP contribution in [0.4, 0.5) is 0 Å². The first-order chi connectivity index (χ1) is 9.68. The van der Waals surface area contributed by atoms with Gasteiger partial charge in [-0.05, 0) is 25.0 Å². The second-order valence-corrected chi connectivity index (χ2v) is 5.39. The molecule has 2 heterocycles. The zero-order chi connectivity index (χ0) is 14.4. The highest BCUT2D eigenvalue weighted by Gasteiger charge is 2.40. The summed E-state index contributed by atoms with van der Waals surface area (Å²) in [4.78, 5) is 18.7. The van der Waals surface area contributed by atoms with Crippen molar-refractivity contribution in [1.29, 1.82) is 0 Å². The number of ether oxygens (including phenoxy) is 1. The Morgan fingerprint density at radius 2 is 2.20 bits per heavy atom. The standard InChI is InChI=1S/C15H23N3O2/c1-18(9-5-13-4-2-3-8-17-13)14(19)15(12-16)6-10-20-11-7-15/h2-4,8H,5-7,9-12,16H2,1H3. The van der Waals surface area contributed by atoms with Crippen molar-refractivity contribution < 1.29 is 9.53 Å². The van der Waals surface area contributed by atoms with Crippen LogP contribution in [0.5, 0.6) is 0 Å². The van der Waals surface area contributed by atoms with Gasteiger partial charge in [0.05, 0.1) is 5.41 Å². The van der Waals surface area contributed by atoms with Crippen LogP contribution in [0, 0.1) is 5.41 Å². The number of nitrogens with two attached hydrogens (primary N) is 1. The zero-order valence-electron chi connectivity index (χ0n) is 12.0. The normalized spacial score (nSPS) is 17.7. The molecule has 2 N–H and O–H groups in total. The van der Waals surface area contributed by atoms with Crippen LogP contribution in [0.15, 0.2) is 24.4 Å². The molecule has 0 unspecified atom stereocenters. The van der Waals surface area contributed by atoms with E-state index in [1.165, 1.54) is 0 Å². The van der Waals surface area contributed by atoms with Gasteiger partial charge in [0, 0.05) is 51.7 Å². The number of carbonyl (C=O) groups excluding carboxylic acids is 1. The molecule has 2 rings (SSSR count). The summed E-state index contributed by atoms with van der Waals surface area (Å²) in [5.41, 5.74) is 6.44. The molecule has 1 aliphatic heterocycles. The number of nitrogens with zero attached hydrogens (tertiary/aromatic N) is 2. The number of pyridine rings is 1. The van der Waals surface area contributed by atoms with Gasteiger partial charge in [-0.2, -0.15) is 0 Å². The lowest BCUT2D eigenvalue weighted by Gasteiger charge is -2.37. The van der Waals surface area contributed by atoms with Crippen LogP contribution in [0.3, 0.4) is 0 Å². The highest BCUT2D eigenvalue weighted by molar-refractivity contribution is 5.83. The molecular weight excluding hydrogens is 254 g/mol. The molecule has 1 aliphatic rings. The molecule has 5 nitrogen and oxygen atoms in total. The fraction of sp³-hybridized carbons (Fsp3) is 0.600. The lowest BCUT2D eigenvalue weighted by Crippen LogP contribution is -2.50. The molecule has 1 aromatic heterocycles. The smallest absolute Gasteiger partial charge is 0.229 e. The molecular formula is C15H23N3O2. The van der Waals surface area contributed by atoms with Gasteiger partial charge in [0.2, 0.25) is 5.91 Å². The van der Waals surface area contributed by atoms with E-state index >= 15 is 0 Å². The molecule has 0 aliphatic carbocycles. The first-order valence-corrected chi connectivity index (χ1v) is 7.11. The molecule has 0 saturated carbocycles. The summed E-state index contributed by atoms with van der Waals surface area (Å²) in [6.07, 6.45) is 3.98. The van der Waals surface area contributed by atoms with Gasteiger partial charge in [-0.3, -0.25) is 9.78 Å². The van der Waals surface area contributed by atoms with E-state index in [2.05, 4.69) is 4.98 Å². The van der Waals surface area contributed by atoms with Crippen LogP contribution >= 0.6 is 0 Å². The Labute approximate surface area is 120 Å². The molecule has 0 aromatic carbocycles. The van der Waals surface area contributed by atoms with Crippen molar-refractivity contribution in [3.05, 3.63) is 30.1 Å².